The van der Waals surface area contributed by atoms with E-state index >= 15 is 0 Å². The third-order valence-electron chi connectivity index (χ3n) is 1.88. The number of rotatable bonds is 4. The number of ether oxygens (including phenoxy) is 1. The van der Waals surface area contributed by atoms with Crippen molar-refractivity contribution in [3.05, 3.63) is 29.8 Å². The van der Waals surface area contributed by atoms with Gasteiger partial charge in [0.15, 0.2) is 0 Å². The molecule has 0 fully saturated rings. The van der Waals surface area contributed by atoms with E-state index in [1.807, 2.05) is 0 Å². The second-order valence-corrected chi connectivity index (χ2v) is 3.23. The Morgan fingerprint density at radius 2 is 2.06 bits per heavy atom. The lowest BCUT2D eigenvalue weighted by molar-refractivity contribution is -0.137. The first-order valence-electron chi connectivity index (χ1n) is 4.61. The minimum Gasteiger partial charge on any atom is -0.491 e. The Kier molecular flexibility index (Phi) is 4.14. The Morgan fingerprint density at radius 1 is 1.38 bits per heavy atom. The number of aliphatic hydroxyl groups is 1. The Balaban J connectivity index is 2.68. The fourth-order valence-electron chi connectivity index (χ4n) is 1.02. The Hall–Kier alpha value is -1.27. The highest BCUT2D eigenvalue weighted by Gasteiger charge is 2.30. The molecule has 3 N–H and O–H groups in total. The average molecular weight is 235 g/mol. The number of alkyl halides is 3. The average Bonchev–Trinajstić information content (AvgIpc) is 2.25. The van der Waals surface area contributed by atoms with Gasteiger partial charge in [0.2, 0.25) is 0 Å². The molecule has 0 amide bonds. The van der Waals surface area contributed by atoms with Gasteiger partial charge in [-0.05, 0) is 18.2 Å². The fraction of sp³-hybridized carbons (Fsp3) is 0.400. The van der Waals surface area contributed by atoms with Gasteiger partial charge < -0.3 is 15.6 Å². The van der Waals surface area contributed by atoms with E-state index in [1.54, 1.807) is 0 Å². The molecular weight excluding hydrogens is 223 g/mol. The monoisotopic (exact) mass is 235 g/mol. The summed E-state index contributed by atoms with van der Waals surface area (Å²) in [7, 11) is 0. The highest BCUT2D eigenvalue weighted by molar-refractivity contribution is 5.30. The van der Waals surface area contributed by atoms with Crippen LogP contribution in [0.4, 0.5) is 13.2 Å². The number of aliphatic hydroxyl groups excluding tert-OH is 1. The van der Waals surface area contributed by atoms with Gasteiger partial charge in [0.25, 0.3) is 0 Å². The summed E-state index contributed by atoms with van der Waals surface area (Å²) in [6.07, 6.45) is -5.28. The lowest BCUT2D eigenvalue weighted by atomic mass is 10.2. The van der Waals surface area contributed by atoms with Gasteiger partial charge in [-0.3, -0.25) is 0 Å². The second-order valence-electron chi connectivity index (χ2n) is 3.23. The number of benzene rings is 1. The molecule has 90 valence electrons. The normalized spacial score (nSPS) is 13.6. The van der Waals surface area contributed by atoms with E-state index in [-0.39, 0.29) is 18.9 Å². The summed E-state index contributed by atoms with van der Waals surface area (Å²) in [6.45, 7) is -0.128. The molecule has 0 heterocycles. The number of hydrogen-bond donors (Lipinski definition) is 2. The third-order valence-corrected chi connectivity index (χ3v) is 1.88. The molecule has 0 aliphatic heterocycles. The smallest absolute Gasteiger partial charge is 0.416 e. The highest BCUT2D eigenvalue weighted by Crippen LogP contribution is 2.31. The maximum absolute atomic E-state index is 12.3. The van der Waals surface area contributed by atoms with Crippen molar-refractivity contribution in [3.8, 4) is 5.75 Å². The summed E-state index contributed by atoms with van der Waals surface area (Å²) in [6, 6.07) is 4.46. The van der Waals surface area contributed by atoms with E-state index in [0.717, 1.165) is 12.1 Å². The summed E-state index contributed by atoms with van der Waals surface area (Å²) in [4.78, 5) is 0. The molecule has 16 heavy (non-hydrogen) atoms. The first-order valence-corrected chi connectivity index (χ1v) is 4.61. The second kappa shape index (κ2) is 5.18. The van der Waals surface area contributed by atoms with Crippen LogP contribution in [0, 0.1) is 0 Å². The van der Waals surface area contributed by atoms with Crippen LogP contribution in [0.1, 0.15) is 5.56 Å². The van der Waals surface area contributed by atoms with Crippen LogP contribution >= 0.6 is 0 Å². The lowest BCUT2D eigenvalue weighted by Crippen LogP contribution is -2.26. The molecule has 0 spiro atoms. The number of halogens is 3. The molecule has 0 saturated heterocycles. The molecule has 0 saturated carbocycles. The van der Waals surface area contributed by atoms with Crippen LogP contribution in [0.5, 0.6) is 5.75 Å². The third kappa shape index (κ3) is 3.71. The predicted molar refractivity (Wildman–Crippen MR) is 52.0 cm³/mol. The maximum Gasteiger partial charge on any atom is 0.416 e. The van der Waals surface area contributed by atoms with E-state index in [4.69, 9.17) is 15.6 Å². The summed E-state index contributed by atoms with van der Waals surface area (Å²) >= 11 is 0. The zero-order chi connectivity index (χ0) is 12.2. The lowest BCUT2D eigenvalue weighted by Gasteiger charge is -2.12. The molecule has 1 atom stereocenters. The van der Waals surface area contributed by atoms with Gasteiger partial charge in [0.05, 0.1) is 5.56 Å². The molecule has 0 aliphatic carbocycles. The van der Waals surface area contributed by atoms with Gasteiger partial charge in [-0.15, -0.1) is 0 Å². The maximum atomic E-state index is 12.3. The van der Waals surface area contributed by atoms with Crippen LogP contribution in [-0.2, 0) is 6.18 Å². The summed E-state index contributed by atoms with van der Waals surface area (Å²) in [5, 5.41) is 9.08. The molecule has 1 aromatic carbocycles. The van der Waals surface area contributed by atoms with Gasteiger partial charge >= 0.3 is 6.18 Å². The van der Waals surface area contributed by atoms with E-state index in [0.29, 0.717) is 0 Å². The molecule has 3 nitrogen and oxygen atoms in total. The molecular formula is C10H12F3NO2. The van der Waals surface area contributed by atoms with Gasteiger partial charge in [0, 0.05) is 6.54 Å². The molecule has 0 aliphatic rings. The van der Waals surface area contributed by atoms with Crippen molar-refractivity contribution in [2.45, 2.75) is 12.3 Å². The Bertz CT molecular complexity index is 341. The van der Waals surface area contributed by atoms with Crippen LogP contribution in [-0.4, -0.2) is 24.4 Å². The molecule has 1 aromatic rings. The minimum atomic E-state index is -4.40. The molecule has 0 unspecified atom stereocenters. The van der Waals surface area contributed by atoms with Crippen LogP contribution in [0.25, 0.3) is 0 Å². The largest absolute Gasteiger partial charge is 0.491 e. The number of hydrogen-bond acceptors (Lipinski definition) is 3. The van der Waals surface area contributed by atoms with Crippen molar-refractivity contribution in [3.63, 3.8) is 0 Å². The predicted octanol–water partition coefficient (Wildman–Crippen LogP) is 1.40. The topological polar surface area (TPSA) is 55.5 Å². The van der Waals surface area contributed by atoms with Crippen molar-refractivity contribution in [1.82, 2.24) is 0 Å². The molecule has 1 rings (SSSR count). The van der Waals surface area contributed by atoms with E-state index < -0.39 is 17.8 Å². The van der Waals surface area contributed by atoms with E-state index in [2.05, 4.69) is 0 Å². The van der Waals surface area contributed by atoms with Gasteiger partial charge in [0.1, 0.15) is 18.5 Å². The zero-order valence-electron chi connectivity index (χ0n) is 8.37. The first kappa shape index (κ1) is 12.8. The van der Waals surface area contributed by atoms with Crippen LogP contribution in [0.3, 0.4) is 0 Å². The summed E-state index contributed by atoms with van der Waals surface area (Å²) < 4.78 is 41.9. The van der Waals surface area contributed by atoms with Crippen LogP contribution < -0.4 is 10.5 Å². The molecule has 0 bridgehead atoms. The van der Waals surface area contributed by atoms with E-state index in [1.165, 1.54) is 12.1 Å². The molecule has 0 radical (unpaired) electrons. The van der Waals surface area contributed by atoms with Crippen LogP contribution in [0.2, 0.25) is 0 Å². The van der Waals surface area contributed by atoms with Gasteiger partial charge in [-0.2, -0.15) is 13.2 Å². The van der Waals surface area contributed by atoms with Crippen molar-refractivity contribution in [1.29, 1.82) is 0 Å². The number of nitrogens with two attached hydrogens (primary N) is 1. The molecule has 6 heteroatoms. The highest BCUT2D eigenvalue weighted by atomic mass is 19.4. The minimum absolute atomic E-state index is 0.00103. The van der Waals surface area contributed by atoms with Crippen molar-refractivity contribution >= 4 is 0 Å². The Labute approximate surface area is 90.6 Å². The first-order chi connectivity index (χ1) is 7.43. The summed E-state index contributed by atoms with van der Waals surface area (Å²) in [5.41, 5.74) is 4.34. The quantitative estimate of drug-likeness (QED) is 0.829. The fourth-order valence-corrected chi connectivity index (χ4v) is 1.02. The van der Waals surface area contributed by atoms with E-state index in [9.17, 15) is 13.2 Å². The Morgan fingerprint density at radius 3 is 2.62 bits per heavy atom. The van der Waals surface area contributed by atoms with Crippen LogP contribution in [0.15, 0.2) is 24.3 Å². The van der Waals surface area contributed by atoms with Gasteiger partial charge in [-0.25, -0.2) is 0 Å². The van der Waals surface area contributed by atoms with Gasteiger partial charge in [-0.1, -0.05) is 6.07 Å². The van der Waals surface area contributed by atoms with Crippen molar-refractivity contribution in [2.24, 2.45) is 5.73 Å². The molecule has 0 aromatic heterocycles. The van der Waals surface area contributed by atoms with Crippen molar-refractivity contribution < 1.29 is 23.0 Å². The zero-order valence-corrected chi connectivity index (χ0v) is 8.37. The summed E-state index contributed by atoms with van der Waals surface area (Å²) in [5.74, 6) is 0.0577. The standard InChI is InChI=1S/C10H12F3NO2/c11-10(12,13)7-2-1-3-9(4-7)16-6-8(15)5-14/h1-4,8,15H,5-6,14H2/t8-/m0/s1. The SMILES string of the molecule is NC[C@H](O)COc1cccc(C(F)(F)F)c1. The van der Waals surface area contributed by atoms with Crippen molar-refractivity contribution in [2.75, 3.05) is 13.2 Å².